The van der Waals surface area contributed by atoms with Gasteiger partial charge in [0.2, 0.25) is 0 Å². The van der Waals surface area contributed by atoms with Crippen molar-refractivity contribution < 1.29 is 14.7 Å². The molecule has 0 fully saturated rings. The second-order valence-electron chi connectivity index (χ2n) is 7.84. The summed E-state index contributed by atoms with van der Waals surface area (Å²) in [6.45, 7) is 6.20. The third-order valence-electron chi connectivity index (χ3n) is 5.75. The van der Waals surface area contributed by atoms with Gasteiger partial charge in [0.05, 0.1) is 18.7 Å². The molecular formula is C24H22BrNO3S. The molecule has 0 radical (unpaired) electrons. The number of benzene rings is 2. The van der Waals surface area contributed by atoms with E-state index in [1.165, 1.54) is 0 Å². The van der Waals surface area contributed by atoms with Gasteiger partial charge >= 0.3 is 0 Å². The molecule has 6 heteroatoms. The van der Waals surface area contributed by atoms with Gasteiger partial charge in [-0.2, -0.15) is 0 Å². The SMILES string of the molecule is Cc1cc(C)c(C(=O)CC2(O)C(=O)N(Cc3cccs3)c3ccc(Br)cc32)cc1C. The van der Waals surface area contributed by atoms with E-state index in [2.05, 4.69) is 15.9 Å². The van der Waals surface area contributed by atoms with Crippen LogP contribution >= 0.6 is 27.3 Å². The van der Waals surface area contributed by atoms with Crippen LogP contribution in [0.4, 0.5) is 5.69 Å². The molecule has 1 atom stereocenters. The molecule has 1 aromatic heterocycles. The first-order valence-corrected chi connectivity index (χ1v) is 11.4. The number of nitrogens with zero attached hydrogens (tertiary/aromatic N) is 1. The molecule has 1 aliphatic heterocycles. The van der Waals surface area contributed by atoms with Crippen LogP contribution < -0.4 is 4.90 Å². The lowest BCUT2D eigenvalue weighted by Crippen LogP contribution is -2.41. The van der Waals surface area contributed by atoms with E-state index in [4.69, 9.17) is 0 Å². The maximum atomic E-state index is 13.4. The molecule has 0 saturated carbocycles. The Morgan fingerprint density at radius 3 is 2.53 bits per heavy atom. The smallest absolute Gasteiger partial charge is 0.264 e. The van der Waals surface area contributed by atoms with Crippen LogP contribution in [-0.2, 0) is 16.9 Å². The fraction of sp³-hybridized carbons (Fsp3) is 0.250. The highest BCUT2D eigenvalue weighted by molar-refractivity contribution is 9.10. The Morgan fingerprint density at radius 2 is 1.83 bits per heavy atom. The summed E-state index contributed by atoms with van der Waals surface area (Å²) in [5.41, 5.74) is 2.73. The Balaban J connectivity index is 1.73. The summed E-state index contributed by atoms with van der Waals surface area (Å²) in [6.07, 6.45) is -0.292. The van der Waals surface area contributed by atoms with Gasteiger partial charge in [0, 0.05) is 20.5 Å². The molecule has 2 aromatic carbocycles. The summed E-state index contributed by atoms with van der Waals surface area (Å²) >= 11 is 4.99. The van der Waals surface area contributed by atoms with Crippen LogP contribution in [0.25, 0.3) is 0 Å². The standard InChI is InChI=1S/C24H22BrNO3S/c1-14-9-16(3)19(10-15(14)2)22(27)12-24(29)20-11-17(25)6-7-21(20)26(23(24)28)13-18-5-4-8-30-18/h4-11,29H,12-13H2,1-3H3. The van der Waals surface area contributed by atoms with E-state index in [0.29, 0.717) is 23.4 Å². The third kappa shape index (κ3) is 3.53. The minimum atomic E-state index is -1.89. The first-order valence-electron chi connectivity index (χ1n) is 9.68. The number of fused-ring (bicyclic) bond motifs is 1. The lowest BCUT2D eigenvalue weighted by molar-refractivity contribution is -0.136. The van der Waals surface area contributed by atoms with E-state index >= 15 is 0 Å². The molecule has 1 unspecified atom stereocenters. The van der Waals surface area contributed by atoms with E-state index in [1.807, 2.05) is 62.5 Å². The van der Waals surface area contributed by atoms with Crippen molar-refractivity contribution >= 4 is 44.6 Å². The molecular weight excluding hydrogens is 462 g/mol. The van der Waals surface area contributed by atoms with Gasteiger partial charge in [-0.1, -0.05) is 28.1 Å². The second-order valence-corrected chi connectivity index (χ2v) is 9.79. The van der Waals surface area contributed by atoms with E-state index in [-0.39, 0.29) is 12.2 Å². The van der Waals surface area contributed by atoms with Crippen LogP contribution in [0.1, 0.15) is 43.9 Å². The zero-order valence-electron chi connectivity index (χ0n) is 17.0. The van der Waals surface area contributed by atoms with Crippen LogP contribution in [0.3, 0.4) is 0 Å². The number of carbonyl (C=O) groups excluding carboxylic acids is 2. The number of ketones is 1. The lowest BCUT2D eigenvalue weighted by atomic mass is 9.86. The van der Waals surface area contributed by atoms with Gasteiger partial charge < -0.3 is 10.0 Å². The molecule has 0 saturated heterocycles. The molecule has 1 N–H and O–H groups in total. The zero-order valence-corrected chi connectivity index (χ0v) is 19.4. The van der Waals surface area contributed by atoms with Crippen LogP contribution in [0.15, 0.2) is 52.3 Å². The first kappa shape index (κ1) is 21.0. The summed E-state index contributed by atoms with van der Waals surface area (Å²) in [4.78, 5) is 29.2. The Bertz CT molecular complexity index is 1160. The van der Waals surface area contributed by atoms with Crippen molar-refractivity contribution in [1.29, 1.82) is 0 Å². The van der Waals surface area contributed by atoms with Crippen LogP contribution in [0.2, 0.25) is 0 Å². The van der Waals surface area contributed by atoms with Crippen molar-refractivity contribution in [3.05, 3.63) is 85.0 Å². The van der Waals surface area contributed by atoms with E-state index in [9.17, 15) is 14.7 Å². The number of thiophene rings is 1. The second kappa shape index (κ2) is 7.76. The molecule has 1 amide bonds. The predicted octanol–water partition coefficient (Wildman–Crippen LogP) is 5.44. The maximum Gasteiger partial charge on any atom is 0.264 e. The first-order chi connectivity index (χ1) is 14.2. The van der Waals surface area contributed by atoms with Crippen molar-refractivity contribution in [2.24, 2.45) is 0 Å². The van der Waals surface area contributed by atoms with Gasteiger partial charge in [0.1, 0.15) is 0 Å². The molecule has 154 valence electrons. The number of anilines is 1. The quantitative estimate of drug-likeness (QED) is 0.491. The van der Waals surface area contributed by atoms with Crippen molar-refractivity contribution in [2.45, 2.75) is 39.3 Å². The minimum Gasteiger partial charge on any atom is -0.375 e. The molecule has 3 aromatic rings. The van der Waals surface area contributed by atoms with E-state index in [0.717, 1.165) is 26.0 Å². The monoisotopic (exact) mass is 483 g/mol. The van der Waals surface area contributed by atoms with Crippen LogP contribution in [-0.4, -0.2) is 16.8 Å². The number of hydrogen-bond donors (Lipinski definition) is 1. The number of carbonyl (C=O) groups is 2. The normalized spacial score (nSPS) is 18.0. The average Bonchev–Trinajstić information content (AvgIpc) is 3.27. The van der Waals surface area contributed by atoms with Crippen molar-refractivity contribution in [3.8, 4) is 0 Å². The maximum absolute atomic E-state index is 13.4. The number of aliphatic hydroxyl groups is 1. The molecule has 2 heterocycles. The number of hydrogen-bond acceptors (Lipinski definition) is 4. The summed E-state index contributed by atoms with van der Waals surface area (Å²) in [5, 5.41) is 13.5. The lowest BCUT2D eigenvalue weighted by Gasteiger charge is -2.23. The highest BCUT2D eigenvalue weighted by Crippen LogP contribution is 2.45. The summed E-state index contributed by atoms with van der Waals surface area (Å²) in [6, 6.07) is 13.1. The Kier molecular flexibility index (Phi) is 5.43. The van der Waals surface area contributed by atoms with Gasteiger partial charge in [-0.25, -0.2) is 0 Å². The number of halogens is 1. The number of amides is 1. The summed E-state index contributed by atoms with van der Waals surface area (Å²) < 4.78 is 0.750. The van der Waals surface area contributed by atoms with E-state index in [1.54, 1.807) is 22.3 Å². The number of Topliss-reactive ketones (excluding diaryl/α,β-unsaturated/α-hetero) is 1. The van der Waals surface area contributed by atoms with Gasteiger partial charge in [0.15, 0.2) is 11.4 Å². The topological polar surface area (TPSA) is 57.6 Å². The number of rotatable bonds is 5. The molecule has 1 aliphatic rings. The molecule has 0 bridgehead atoms. The molecule has 4 rings (SSSR count). The Labute approximate surface area is 188 Å². The predicted molar refractivity (Wildman–Crippen MR) is 123 cm³/mol. The summed E-state index contributed by atoms with van der Waals surface area (Å²) in [7, 11) is 0. The summed E-state index contributed by atoms with van der Waals surface area (Å²) in [5.74, 6) is -0.700. The van der Waals surface area contributed by atoms with Gasteiger partial charge in [-0.15, -0.1) is 11.3 Å². The Morgan fingerprint density at radius 1 is 1.10 bits per heavy atom. The highest BCUT2D eigenvalue weighted by atomic mass is 79.9. The fourth-order valence-electron chi connectivity index (χ4n) is 4.00. The fourth-order valence-corrected chi connectivity index (χ4v) is 5.05. The highest BCUT2D eigenvalue weighted by Gasteiger charge is 2.51. The van der Waals surface area contributed by atoms with E-state index < -0.39 is 11.5 Å². The largest absolute Gasteiger partial charge is 0.375 e. The van der Waals surface area contributed by atoms with Crippen molar-refractivity contribution in [1.82, 2.24) is 0 Å². The van der Waals surface area contributed by atoms with Gasteiger partial charge in [0.25, 0.3) is 5.91 Å². The van der Waals surface area contributed by atoms with Gasteiger partial charge in [-0.3, -0.25) is 9.59 Å². The zero-order chi connectivity index (χ0) is 21.6. The Hall–Kier alpha value is -2.28. The average molecular weight is 484 g/mol. The van der Waals surface area contributed by atoms with Gasteiger partial charge in [-0.05, 0) is 73.2 Å². The van der Waals surface area contributed by atoms with Crippen molar-refractivity contribution in [3.63, 3.8) is 0 Å². The third-order valence-corrected chi connectivity index (χ3v) is 7.10. The van der Waals surface area contributed by atoms with Crippen LogP contribution in [0.5, 0.6) is 0 Å². The molecule has 30 heavy (non-hydrogen) atoms. The molecule has 4 nitrogen and oxygen atoms in total. The minimum absolute atomic E-state index is 0.240. The molecule has 0 spiro atoms. The number of aryl methyl sites for hydroxylation is 3. The molecule has 0 aliphatic carbocycles. The van der Waals surface area contributed by atoms with Crippen LogP contribution in [0, 0.1) is 20.8 Å². The van der Waals surface area contributed by atoms with Crippen molar-refractivity contribution in [2.75, 3.05) is 4.90 Å².